The van der Waals surface area contributed by atoms with Crippen molar-refractivity contribution in [2.75, 3.05) is 11.9 Å². The minimum Gasteiger partial charge on any atom is -0.439 e. The number of nitrogens with one attached hydrogen (secondary N) is 1. The summed E-state index contributed by atoms with van der Waals surface area (Å²) in [5.74, 6) is 2.71. The fourth-order valence-corrected chi connectivity index (χ4v) is 2.13. The largest absolute Gasteiger partial charge is 0.439 e. The maximum Gasteiger partial charge on any atom is 0.224 e. The van der Waals surface area contributed by atoms with Gasteiger partial charge in [0.2, 0.25) is 5.88 Å². The maximum atomic E-state index is 6.17. The Kier molecular flexibility index (Phi) is 5.02. The lowest BCUT2D eigenvalue weighted by Gasteiger charge is -2.11. The summed E-state index contributed by atoms with van der Waals surface area (Å²) >= 11 is 6.17. The third kappa shape index (κ3) is 4.08. The zero-order valence-corrected chi connectivity index (χ0v) is 13.6. The molecule has 1 heterocycles. The third-order valence-electron chi connectivity index (χ3n) is 3.00. The van der Waals surface area contributed by atoms with Crippen molar-refractivity contribution in [1.82, 2.24) is 9.97 Å². The van der Waals surface area contributed by atoms with Crippen molar-refractivity contribution in [1.29, 1.82) is 0 Å². The van der Waals surface area contributed by atoms with Gasteiger partial charge in [-0.25, -0.2) is 4.98 Å². The summed E-state index contributed by atoms with van der Waals surface area (Å²) in [5.41, 5.74) is 1.98. The number of aryl methyl sites for hydroxylation is 3. The molecule has 0 saturated heterocycles. The van der Waals surface area contributed by atoms with E-state index in [9.17, 15) is 0 Å². The Morgan fingerprint density at radius 1 is 1.10 bits per heavy atom. The normalized spacial score (nSPS) is 10.5. The van der Waals surface area contributed by atoms with E-state index < -0.39 is 0 Å². The number of benzene rings is 1. The highest BCUT2D eigenvalue weighted by atomic mass is 35.5. The molecule has 0 aliphatic carbocycles. The van der Waals surface area contributed by atoms with Crippen molar-refractivity contribution in [3.05, 3.63) is 40.2 Å². The molecule has 0 fully saturated rings. The van der Waals surface area contributed by atoms with E-state index in [1.165, 1.54) is 0 Å². The molecular formula is C16H20ClN3O. The molecule has 0 unspecified atom stereocenters. The molecule has 1 aromatic carbocycles. The Bertz CT molecular complexity index is 620. The summed E-state index contributed by atoms with van der Waals surface area (Å²) in [6, 6.07) is 5.62. The number of aromatic nitrogens is 2. The summed E-state index contributed by atoms with van der Waals surface area (Å²) in [6.45, 7) is 8.75. The Hall–Kier alpha value is -1.81. The van der Waals surface area contributed by atoms with Gasteiger partial charge in [0.25, 0.3) is 0 Å². The number of hydrogen-bond acceptors (Lipinski definition) is 4. The predicted octanol–water partition coefficient (Wildman–Crippen LogP) is 4.67. The molecule has 0 bridgehead atoms. The molecule has 5 heteroatoms. The van der Waals surface area contributed by atoms with E-state index in [2.05, 4.69) is 22.2 Å². The van der Waals surface area contributed by atoms with Crippen LogP contribution in [0.2, 0.25) is 5.02 Å². The highest BCUT2D eigenvalue weighted by Crippen LogP contribution is 2.29. The molecule has 112 valence electrons. The second-order valence-corrected chi connectivity index (χ2v) is 5.42. The van der Waals surface area contributed by atoms with E-state index in [1.54, 1.807) is 0 Å². The second kappa shape index (κ2) is 6.76. The summed E-state index contributed by atoms with van der Waals surface area (Å²) in [6.07, 6.45) is 1.04. The van der Waals surface area contributed by atoms with Crippen LogP contribution in [0.15, 0.2) is 18.2 Å². The zero-order chi connectivity index (χ0) is 15.4. The van der Waals surface area contributed by atoms with Gasteiger partial charge in [0, 0.05) is 17.6 Å². The van der Waals surface area contributed by atoms with Crippen molar-refractivity contribution in [2.45, 2.75) is 34.1 Å². The first kappa shape index (κ1) is 15.6. The number of nitrogens with zero attached hydrogens (tertiary/aromatic N) is 2. The molecule has 0 amide bonds. The zero-order valence-electron chi connectivity index (χ0n) is 12.8. The minimum atomic E-state index is 0.530. The van der Waals surface area contributed by atoms with Gasteiger partial charge in [-0.2, -0.15) is 4.98 Å². The van der Waals surface area contributed by atoms with E-state index >= 15 is 0 Å². The van der Waals surface area contributed by atoms with Crippen LogP contribution < -0.4 is 10.1 Å². The fourth-order valence-electron chi connectivity index (χ4n) is 2.02. The van der Waals surface area contributed by atoms with Gasteiger partial charge >= 0.3 is 0 Å². The molecule has 2 rings (SSSR count). The van der Waals surface area contributed by atoms with Crippen LogP contribution in [-0.2, 0) is 0 Å². The Morgan fingerprint density at radius 3 is 2.38 bits per heavy atom. The van der Waals surface area contributed by atoms with Crippen LogP contribution in [-0.4, -0.2) is 16.5 Å². The molecule has 1 aromatic heterocycles. The smallest absolute Gasteiger partial charge is 0.224 e. The van der Waals surface area contributed by atoms with Crippen LogP contribution >= 0.6 is 11.6 Å². The lowest BCUT2D eigenvalue weighted by molar-refractivity contribution is 0.459. The first-order valence-electron chi connectivity index (χ1n) is 7.03. The Morgan fingerprint density at radius 2 is 1.76 bits per heavy atom. The molecule has 21 heavy (non-hydrogen) atoms. The number of hydrogen-bond donors (Lipinski definition) is 1. The highest BCUT2D eigenvalue weighted by molar-refractivity contribution is 6.32. The molecule has 4 nitrogen and oxygen atoms in total. The van der Waals surface area contributed by atoms with Crippen LogP contribution in [0.1, 0.15) is 30.3 Å². The van der Waals surface area contributed by atoms with Gasteiger partial charge in [0.05, 0.1) is 0 Å². The summed E-state index contributed by atoms with van der Waals surface area (Å²) in [7, 11) is 0. The van der Waals surface area contributed by atoms with Gasteiger partial charge in [-0.05, 0) is 50.5 Å². The molecule has 0 aliphatic rings. The van der Waals surface area contributed by atoms with Crippen LogP contribution in [0.25, 0.3) is 0 Å². The monoisotopic (exact) mass is 305 g/mol. The third-order valence-corrected chi connectivity index (χ3v) is 3.60. The molecule has 0 aliphatic heterocycles. The molecule has 0 spiro atoms. The molecule has 1 N–H and O–H groups in total. The molecule has 0 atom stereocenters. The second-order valence-electron chi connectivity index (χ2n) is 5.04. The van der Waals surface area contributed by atoms with E-state index in [0.717, 1.165) is 40.7 Å². The van der Waals surface area contributed by atoms with E-state index in [4.69, 9.17) is 16.3 Å². The predicted molar refractivity (Wildman–Crippen MR) is 86.5 cm³/mol. The quantitative estimate of drug-likeness (QED) is 0.872. The maximum absolute atomic E-state index is 6.17. The first-order chi connectivity index (χ1) is 9.99. The number of anilines is 1. The fraction of sp³-hybridized carbons (Fsp3) is 0.375. The number of ether oxygens (including phenoxy) is 1. The van der Waals surface area contributed by atoms with Crippen LogP contribution in [0.5, 0.6) is 11.6 Å². The van der Waals surface area contributed by atoms with Gasteiger partial charge in [-0.1, -0.05) is 18.5 Å². The van der Waals surface area contributed by atoms with Gasteiger partial charge in [-0.3, -0.25) is 0 Å². The first-order valence-corrected chi connectivity index (χ1v) is 7.41. The van der Waals surface area contributed by atoms with Crippen molar-refractivity contribution < 1.29 is 4.74 Å². The van der Waals surface area contributed by atoms with Crippen LogP contribution in [0.4, 0.5) is 5.82 Å². The van der Waals surface area contributed by atoms with Crippen molar-refractivity contribution >= 4 is 17.4 Å². The summed E-state index contributed by atoms with van der Waals surface area (Å²) < 4.78 is 5.85. The van der Waals surface area contributed by atoms with Crippen LogP contribution in [0.3, 0.4) is 0 Å². The van der Waals surface area contributed by atoms with E-state index in [0.29, 0.717) is 11.7 Å². The molecule has 0 radical (unpaired) electrons. The molecular weight excluding hydrogens is 286 g/mol. The highest BCUT2D eigenvalue weighted by Gasteiger charge is 2.07. The minimum absolute atomic E-state index is 0.530. The lowest BCUT2D eigenvalue weighted by atomic mass is 10.1. The van der Waals surface area contributed by atoms with Crippen molar-refractivity contribution in [2.24, 2.45) is 0 Å². The van der Waals surface area contributed by atoms with Gasteiger partial charge in [0.15, 0.2) is 0 Å². The van der Waals surface area contributed by atoms with Gasteiger partial charge in [0.1, 0.15) is 17.4 Å². The van der Waals surface area contributed by atoms with Crippen molar-refractivity contribution in [3.8, 4) is 11.6 Å². The van der Waals surface area contributed by atoms with Crippen molar-refractivity contribution in [3.63, 3.8) is 0 Å². The van der Waals surface area contributed by atoms with Crippen LogP contribution in [0, 0.1) is 20.8 Å². The van der Waals surface area contributed by atoms with E-state index in [1.807, 2.05) is 39.0 Å². The SMILES string of the molecule is CCCNc1cc(Oc2cc(C)c(Cl)c(C)c2)nc(C)n1. The lowest BCUT2D eigenvalue weighted by Crippen LogP contribution is -2.04. The van der Waals surface area contributed by atoms with Gasteiger partial charge in [-0.15, -0.1) is 0 Å². The average Bonchev–Trinajstić information content (AvgIpc) is 2.42. The Balaban J connectivity index is 2.24. The molecule has 0 saturated carbocycles. The van der Waals surface area contributed by atoms with E-state index in [-0.39, 0.29) is 0 Å². The topological polar surface area (TPSA) is 47.0 Å². The Labute approximate surface area is 130 Å². The standard InChI is InChI=1S/C16H20ClN3O/c1-5-6-18-14-9-15(20-12(4)19-14)21-13-7-10(2)16(17)11(3)8-13/h7-9H,5-6H2,1-4H3,(H,18,19,20). The summed E-state index contributed by atoms with van der Waals surface area (Å²) in [5, 5.41) is 4.01. The molecule has 2 aromatic rings. The van der Waals surface area contributed by atoms with Gasteiger partial charge < -0.3 is 10.1 Å². The summed E-state index contributed by atoms with van der Waals surface area (Å²) in [4.78, 5) is 8.65. The number of rotatable bonds is 5. The number of halogens is 1. The average molecular weight is 306 g/mol.